The minimum Gasteiger partial charge on any atom is -0.372 e. The summed E-state index contributed by atoms with van der Waals surface area (Å²) in [5.74, 6) is 0.596. The van der Waals surface area contributed by atoms with Gasteiger partial charge in [-0.25, -0.2) is 0 Å². The lowest BCUT2D eigenvalue weighted by atomic mass is 9.98. The third kappa shape index (κ3) is 3.57. The fraction of sp³-hybridized carbons (Fsp3) is 0.533. The highest BCUT2D eigenvalue weighted by Crippen LogP contribution is 2.31. The molecule has 2 nitrogen and oxygen atoms in total. The molecule has 90 valence electrons. The molecule has 17 heavy (non-hydrogen) atoms. The molecule has 1 aromatic rings. The second kappa shape index (κ2) is 6.42. The molecule has 0 bridgehead atoms. The Balaban J connectivity index is 1.87. The lowest BCUT2D eigenvalue weighted by Crippen LogP contribution is -2.21. The van der Waals surface area contributed by atoms with Gasteiger partial charge < -0.3 is 4.74 Å². The van der Waals surface area contributed by atoms with Crippen molar-refractivity contribution in [2.24, 2.45) is 5.92 Å². The van der Waals surface area contributed by atoms with Crippen molar-refractivity contribution in [3.05, 3.63) is 35.9 Å². The smallest absolute Gasteiger partial charge is 0.0737 e. The Labute approximate surface area is 103 Å². The maximum absolute atomic E-state index is 8.86. The first-order valence-corrected chi connectivity index (χ1v) is 6.42. The average Bonchev–Trinajstić information content (AvgIpc) is 2.89. The molecular formula is C15H19NO. The van der Waals surface area contributed by atoms with E-state index in [-0.39, 0.29) is 6.10 Å². The Morgan fingerprint density at radius 2 is 1.94 bits per heavy atom. The summed E-state index contributed by atoms with van der Waals surface area (Å²) in [5, 5.41) is 8.86. The Morgan fingerprint density at radius 1 is 1.24 bits per heavy atom. The Bertz CT molecular complexity index is 362. The van der Waals surface area contributed by atoms with Gasteiger partial charge in [-0.15, -0.1) is 0 Å². The molecule has 0 spiro atoms. The van der Waals surface area contributed by atoms with Gasteiger partial charge in [0.2, 0.25) is 0 Å². The minimum atomic E-state index is 0.128. The molecule has 1 atom stereocenters. The van der Waals surface area contributed by atoms with E-state index in [0.717, 1.165) is 0 Å². The highest BCUT2D eigenvalue weighted by Gasteiger charge is 2.25. The third-order valence-corrected chi connectivity index (χ3v) is 3.52. The molecule has 0 unspecified atom stereocenters. The largest absolute Gasteiger partial charge is 0.372 e. The SMILES string of the molecule is N#CC[C@@H](OCc1ccccc1)C1CCCC1. The van der Waals surface area contributed by atoms with Crippen LogP contribution in [-0.2, 0) is 11.3 Å². The van der Waals surface area contributed by atoms with Crippen molar-refractivity contribution in [3.63, 3.8) is 0 Å². The zero-order valence-electron chi connectivity index (χ0n) is 10.1. The van der Waals surface area contributed by atoms with Gasteiger partial charge >= 0.3 is 0 Å². The van der Waals surface area contributed by atoms with Gasteiger partial charge in [-0.2, -0.15) is 5.26 Å². The number of hydrogen-bond donors (Lipinski definition) is 0. The number of ether oxygens (including phenoxy) is 1. The van der Waals surface area contributed by atoms with Crippen LogP contribution in [0.5, 0.6) is 0 Å². The maximum Gasteiger partial charge on any atom is 0.0737 e. The van der Waals surface area contributed by atoms with Crippen LogP contribution in [0.15, 0.2) is 30.3 Å². The van der Waals surface area contributed by atoms with E-state index in [4.69, 9.17) is 10.00 Å². The van der Waals surface area contributed by atoms with Crippen molar-refractivity contribution in [2.75, 3.05) is 0 Å². The average molecular weight is 229 g/mol. The van der Waals surface area contributed by atoms with Crippen molar-refractivity contribution >= 4 is 0 Å². The van der Waals surface area contributed by atoms with Gasteiger partial charge in [0.05, 0.1) is 25.2 Å². The molecule has 0 N–H and O–H groups in total. The first-order valence-electron chi connectivity index (χ1n) is 6.42. The monoisotopic (exact) mass is 229 g/mol. The molecular weight excluding hydrogens is 210 g/mol. The molecule has 1 aliphatic rings. The molecule has 0 aromatic heterocycles. The molecule has 0 amide bonds. The lowest BCUT2D eigenvalue weighted by Gasteiger charge is -2.21. The fourth-order valence-corrected chi connectivity index (χ4v) is 2.56. The van der Waals surface area contributed by atoms with Gasteiger partial charge in [-0.3, -0.25) is 0 Å². The normalized spacial score (nSPS) is 17.8. The quantitative estimate of drug-likeness (QED) is 0.771. The van der Waals surface area contributed by atoms with Crippen molar-refractivity contribution < 1.29 is 4.74 Å². The highest BCUT2D eigenvalue weighted by atomic mass is 16.5. The van der Waals surface area contributed by atoms with Crippen molar-refractivity contribution in [1.29, 1.82) is 5.26 Å². The van der Waals surface area contributed by atoms with E-state index >= 15 is 0 Å². The zero-order chi connectivity index (χ0) is 11.9. The van der Waals surface area contributed by atoms with Gasteiger partial charge in [-0.05, 0) is 24.3 Å². The van der Waals surface area contributed by atoms with Gasteiger partial charge in [0.25, 0.3) is 0 Å². The van der Waals surface area contributed by atoms with E-state index < -0.39 is 0 Å². The maximum atomic E-state index is 8.86. The van der Waals surface area contributed by atoms with Crippen molar-refractivity contribution in [1.82, 2.24) is 0 Å². The molecule has 0 radical (unpaired) electrons. The summed E-state index contributed by atoms with van der Waals surface area (Å²) in [6.45, 7) is 0.629. The molecule has 0 heterocycles. The molecule has 0 aliphatic heterocycles. The van der Waals surface area contributed by atoms with E-state index in [1.54, 1.807) is 0 Å². The number of benzene rings is 1. The van der Waals surface area contributed by atoms with Crippen LogP contribution in [0.4, 0.5) is 0 Å². The second-order valence-corrected chi connectivity index (χ2v) is 4.74. The van der Waals surface area contributed by atoms with E-state index in [1.807, 2.05) is 18.2 Å². The predicted octanol–water partition coefficient (Wildman–Crippen LogP) is 3.68. The predicted molar refractivity (Wildman–Crippen MR) is 67.2 cm³/mol. The summed E-state index contributed by atoms with van der Waals surface area (Å²) >= 11 is 0. The Kier molecular flexibility index (Phi) is 4.58. The summed E-state index contributed by atoms with van der Waals surface area (Å²) < 4.78 is 5.93. The third-order valence-electron chi connectivity index (χ3n) is 3.52. The van der Waals surface area contributed by atoms with Crippen molar-refractivity contribution in [2.45, 2.75) is 44.8 Å². The van der Waals surface area contributed by atoms with Crippen LogP contribution < -0.4 is 0 Å². The fourth-order valence-electron chi connectivity index (χ4n) is 2.56. The van der Waals surface area contributed by atoms with E-state index in [1.165, 1.54) is 31.2 Å². The molecule has 1 aromatic carbocycles. The van der Waals surface area contributed by atoms with Gasteiger partial charge in [0.15, 0.2) is 0 Å². The summed E-state index contributed by atoms with van der Waals surface area (Å²) in [7, 11) is 0. The van der Waals surface area contributed by atoms with E-state index in [9.17, 15) is 0 Å². The first kappa shape index (κ1) is 12.1. The Morgan fingerprint density at radius 3 is 2.59 bits per heavy atom. The van der Waals surface area contributed by atoms with Crippen LogP contribution in [0.1, 0.15) is 37.7 Å². The standard InChI is InChI=1S/C15H19NO/c16-11-10-15(14-8-4-5-9-14)17-12-13-6-2-1-3-7-13/h1-3,6-7,14-15H,4-5,8-10,12H2/t15-/m1/s1. The summed E-state index contributed by atoms with van der Waals surface area (Å²) in [6, 6.07) is 12.4. The topological polar surface area (TPSA) is 33.0 Å². The lowest BCUT2D eigenvalue weighted by molar-refractivity contribution is 0.00569. The van der Waals surface area contributed by atoms with E-state index in [0.29, 0.717) is 18.9 Å². The Hall–Kier alpha value is -1.33. The van der Waals surface area contributed by atoms with Gasteiger partial charge in [0.1, 0.15) is 0 Å². The van der Waals surface area contributed by atoms with Crippen LogP contribution in [0.25, 0.3) is 0 Å². The van der Waals surface area contributed by atoms with E-state index in [2.05, 4.69) is 18.2 Å². The van der Waals surface area contributed by atoms with Crippen LogP contribution in [-0.4, -0.2) is 6.10 Å². The molecule has 2 heteroatoms. The molecule has 1 saturated carbocycles. The number of nitriles is 1. The second-order valence-electron chi connectivity index (χ2n) is 4.74. The zero-order valence-corrected chi connectivity index (χ0v) is 10.1. The molecule has 1 aliphatic carbocycles. The van der Waals surface area contributed by atoms with Crippen LogP contribution in [0, 0.1) is 17.2 Å². The van der Waals surface area contributed by atoms with Crippen molar-refractivity contribution in [3.8, 4) is 6.07 Å². The van der Waals surface area contributed by atoms with Crippen LogP contribution in [0.3, 0.4) is 0 Å². The van der Waals surface area contributed by atoms with Crippen LogP contribution in [0.2, 0.25) is 0 Å². The van der Waals surface area contributed by atoms with Gasteiger partial charge in [0, 0.05) is 0 Å². The summed E-state index contributed by atoms with van der Waals surface area (Å²) in [6.07, 6.45) is 5.69. The highest BCUT2D eigenvalue weighted by molar-refractivity contribution is 5.13. The number of hydrogen-bond acceptors (Lipinski definition) is 2. The van der Waals surface area contributed by atoms with Gasteiger partial charge in [-0.1, -0.05) is 43.2 Å². The molecule has 1 fully saturated rings. The van der Waals surface area contributed by atoms with Crippen LogP contribution >= 0.6 is 0 Å². The summed E-state index contributed by atoms with van der Waals surface area (Å²) in [5.41, 5.74) is 1.19. The number of nitrogens with zero attached hydrogens (tertiary/aromatic N) is 1. The summed E-state index contributed by atoms with van der Waals surface area (Å²) in [4.78, 5) is 0. The molecule has 0 saturated heterocycles. The number of rotatable bonds is 5. The first-order chi connectivity index (χ1) is 8.40. The minimum absolute atomic E-state index is 0.128. The molecule has 2 rings (SSSR count).